The number of nitrogens with zero attached hydrogens (tertiary/aromatic N) is 1. The minimum absolute atomic E-state index is 0.00679. The number of benzene rings is 1. The molecule has 0 spiro atoms. The van der Waals surface area contributed by atoms with Crippen LogP contribution in [0.15, 0.2) is 42.5 Å². The number of aliphatic carboxylic acids is 1. The lowest BCUT2D eigenvalue weighted by molar-refractivity contribution is -0.192. The van der Waals surface area contributed by atoms with Crippen molar-refractivity contribution in [1.29, 1.82) is 0 Å². The third kappa shape index (κ3) is 5.00. The second-order valence-corrected chi connectivity index (χ2v) is 7.70. The summed E-state index contributed by atoms with van der Waals surface area (Å²) in [5, 5.41) is 13.4. The van der Waals surface area contributed by atoms with Crippen LogP contribution in [0.2, 0.25) is 0 Å². The Hall–Kier alpha value is -3.82. The Balaban J connectivity index is 0.000000325. The molecule has 2 aromatic heterocycles. The van der Waals surface area contributed by atoms with E-state index in [9.17, 15) is 18.0 Å². The maximum absolute atomic E-state index is 12.0. The number of hydrogen-bond donors (Lipinski definition) is 4. The van der Waals surface area contributed by atoms with Crippen molar-refractivity contribution in [2.24, 2.45) is 0 Å². The Kier molecular flexibility index (Phi) is 6.08. The predicted molar refractivity (Wildman–Crippen MR) is 116 cm³/mol. The molecule has 0 saturated heterocycles. The smallest absolute Gasteiger partial charge is 0.475 e. The number of aromatic nitrogens is 2. The van der Waals surface area contributed by atoms with Crippen molar-refractivity contribution >= 4 is 17.7 Å². The van der Waals surface area contributed by atoms with E-state index in [0.717, 1.165) is 65.4 Å². The lowest BCUT2D eigenvalue weighted by Crippen LogP contribution is -2.31. The largest absolute Gasteiger partial charge is 0.490 e. The molecular weight excluding hydrogens is 437 g/mol. The average molecular weight is 458 g/mol. The van der Waals surface area contributed by atoms with Gasteiger partial charge in [-0.3, -0.25) is 4.79 Å². The van der Waals surface area contributed by atoms with Crippen LogP contribution in [0.1, 0.15) is 28.0 Å². The normalized spacial score (nSPS) is 14.7. The molecule has 2 aliphatic rings. The number of carboxylic acids is 1. The van der Waals surface area contributed by atoms with E-state index in [4.69, 9.17) is 14.9 Å². The minimum atomic E-state index is -5.08. The van der Waals surface area contributed by atoms with Gasteiger partial charge in [-0.15, -0.1) is 0 Å². The summed E-state index contributed by atoms with van der Waals surface area (Å²) in [5.74, 6) is -1.74. The number of alkyl halides is 3. The van der Waals surface area contributed by atoms with Gasteiger partial charge in [0.2, 0.25) is 0 Å². The molecule has 172 valence electrons. The number of carboxylic acid groups (broad SMARTS) is 1. The highest BCUT2D eigenvalue weighted by molar-refractivity contribution is 5.97. The molecule has 0 fully saturated rings. The highest BCUT2D eigenvalue weighted by atomic mass is 19.4. The monoisotopic (exact) mass is 458 g/mol. The lowest BCUT2D eigenvalue weighted by Gasteiger charge is -2.17. The summed E-state index contributed by atoms with van der Waals surface area (Å²) in [5.41, 5.74) is 7.16. The number of halogens is 3. The molecule has 7 nitrogen and oxygen atoms in total. The zero-order valence-corrected chi connectivity index (χ0v) is 17.4. The number of pyridine rings is 1. The Bertz CT molecular complexity index is 1200. The van der Waals surface area contributed by atoms with Gasteiger partial charge in [0.15, 0.2) is 0 Å². The fourth-order valence-electron chi connectivity index (χ4n) is 3.78. The fraction of sp³-hybridized carbons (Fsp3) is 0.261. The van der Waals surface area contributed by atoms with Crippen molar-refractivity contribution in [3.63, 3.8) is 0 Å². The number of hydrogen-bond acceptors (Lipinski definition) is 4. The molecule has 5 rings (SSSR count). The van der Waals surface area contributed by atoms with Gasteiger partial charge in [0.05, 0.1) is 11.3 Å². The zero-order valence-electron chi connectivity index (χ0n) is 17.4. The molecule has 0 aliphatic carbocycles. The summed E-state index contributed by atoms with van der Waals surface area (Å²) in [7, 11) is 0. The van der Waals surface area contributed by atoms with Crippen LogP contribution in [0.4, 0.5) is 19.0 Å². The first-order chi connectivity index (χ1) is 15.7. The first-order valence-corrected chi connectivity index (χ1v) is 10.4. The van der Waals surface area contributed by atoms with Crippen LogP contribution in [-0.2, 0) is 17.6 Å². The maximum atomic E-state index is 12.0. The zero-order chi connectivity index (χ0) is 23.6. The van der Waals surface area contributed by atoms with Crippen LogP contribution in [0.5, 0.6) is 0 Å². The Labute approximate surface area is 187 Å². The number of aromatic amines is 1. The topological polar surface area (TPSA) is 107 Å². The number of rotatable bonds is 2. The van der Waals surface area contributed by atoms with Crippen molar-refractivity contribution in [2.75, 3.05) is 18.4 Å². The number of anilines is 1. The molecular formula is C23H21F3N4O3. The second-order valence-electron chi connectivity index (χ2n) is 7.70. The summed E-state index contributed by atoms with van der Waals surface area (Å²) >= 11 is 0. The summed E-state index contributed by atoms with van der Waals surface area (Å²) in [4.78, 5) is 29.1. The summed E-state index contributed by atoms with van der Waals surface area (Å²) in [6.07, 6.45) is -1.99. The number of H-pyrrole nitrogens is 1. The van der Waals surface area contributed by atoms with Gasteiger partial charge in [0, 0.05) is 36.5 Å². The van der Waals surface area contributed by atoms with Gasteiger partial charge in [0.1, 0.15) is 5.82 Å². The minimum Gasteiger partial charge on any atom is -0.475 e. The van der Waals surface area contributed by atoms with E-state index in [-0.39, 0.29) is 5.91 Å². The van der Waals surface area contributed by atoms with Crippen LogP contribution < -0.4 is 10.6 Å². The van der Waals surface area contributed by atoms with E-state index in [1.807, 2.05) is 12.1 Å². The molecule has 1 amide bonds. The van der Waals surface area contributed by atoms with Gasteiger partial charge in [-0.2, -0.15) is 13.2 Å². The molecule has 33 heavy (non-hydrogen) atoms. The predicted octanol–water partition coefficient (Wildman–Crippen LogP) is 4.02. The van der Waals surface area contributed by atoms with E-state index in [0.29, 0.717) is 6.54 Å². The summed E-state index contributed by atoms with van der Waals surface area (Å²) in [6, 6.07) is 14.5. The van der Waals surface area contributed by atoms with E-state index >= 15 is 0 Å². The van der Waals surface area contributed by atoms with Crippen LogP contribution in [0, 0.1) is 0 Å². The Morgan fingerprint density at radius 2 is 1.76 bits per heavy atom. The van der Waals surface area contributed by atoms with E-state index in [1.54, 1.807) is 0 Å². The molecule has 0 atom stereocenters. The van der Waals surface area contributed by atoms with Gasteiger partial charge in [0.25, 0.3) is 5.91 Å². The van der Waals surface area contributed by atoms with Crippen molar-refractivity contribution in [3.8, 4) is 22.5 Å². The second kappa shape index (κ2) is 8.97. The van der Waals surface area contributed by atoms with E-state index in [2.05, 4.69) is 45.9 Å². The lowest BCUT2D eigenvalue weighted by atomic mass is 10.0. The molecule has 3 aromatic rings. The molecule has 1 aromatic carbocycles. The number of carbonyl (C=O) groups is 2. The van der Waals surface area contributed by atoms with Gasteiger partial charge < -0.3 is 20.7 Å². The van der Waals surface area contributed by atoms with E-state index in [1.165, 1.54) is 5.56 Å². The molecule has 10 heteroatoms. The van der Waals surface area contributed by atoms with Gasteiger partial charge in [-0.25, -0.2) is 9.78 Å². The molecule has 4 N–H and O–H groups in total. The third-order valence-corrected chi connectivity index (χ3v) is 5.41. The standard InChI is InChI=1S/C21H20N4O.C2HF3O2/c26-21-16-12-19(24-18(16)8-10-23-21)15-4-1-3-14(11-15)17-7-6-13-5-2-9-22-20(13)25-17;3-2(4,5)1(6)7/h1,3-4,6-7,11-12,24H,2,5,8-10H2,(H,22,25)(H,23,26);(H,6,7). The molecule has 0 bridgehead atoms. The van der Waals surface area contributed by atoms with Gasteiger partial charge in [-0.1, -0.05) is 24.3 Å². The van der Waals surface area contributed by atoms with E-state index < -0.39 is 12.1 Å². The molecule has 0 unspecified atom stereocenters. The van der Waals surface area contributed by atoms with Crippen molar-refractivity contribution in [3.05, 3.63) is 59.3 Å². The number of aryl methyl sites for hydroxylation is 1. The van der Waals surface area contributed by atoms with Crippen LogP contribution >= 0.6 is 0 Å². The van der Waals surface area contributed by atoms with Crippen molar-refractivity contribution in [1.82, 2.24) is 15.3 Å². The number of nitrogens with one attached hydrogen (secondary N) is 3. The highest BCUT2D eigenvalue weighted by Crippen LogP contribution is 2.29. The maximum Gasteiger partial charge on any atom is 0.490 e. The molecule has 0 saturated carbocycles. The molecule has 2 aliphatic heterocycles. The van der Waals surface area contributed by atoms with Crippen molar-refractivity contribution < 1.29 is 27.9 Å². The molecule has 0 radical (unpaired) electrons. The highest BCUT2D eigenvalue weighted by Gasteiger charge is 2.38. The van der Waals surface area contributed by atoms with Crippen LogP contribution in [0.3, 0.4) is 0 Å². The Morgan fingerprint density at radius 1 is 1.00 bits per heavy atom. The van der Waals surface area contributed by atoms with Gasteiger partial charge >= 0.3 is 12.1 Å². The number of amides is 1. The Morgan fingerprint density at radius 3 is 2.48 bits per heavy atom. The van der Waals surface area contributed by atoms with Crippen molar-refractivity contribution in [2.45, 2.75) is 25.4 Å². The van der Waals surface area contributed by atoms with Crippen LogP contribution in [-0.4, -0.2) is 46.2 Å². The first-order valence-electron chi connectivity index (χ1n) is 10.4. The summed E-state index contributed by atoms with van der Waals surface area (Å²) < 4.78 is 31.7. The quantitative estimate of drug-likeness (QED) is 0.464. The SMILES string of the molecule is O=C(O)C(F)(F)F.O=C1NCCc2[nH]c(-c3cccc(-c4ccc5c(n4)NCCC5)c3)cc21. The fourth-order valence-corrected chi connectivity index (χ4v) is 3.78. The van der Waals surface area contributed by atoms with Gasteiger partial charge in [-0.05, 0) is 42.2 Å². The molecule has 4 heterocycles. The number of carbonyl (C=O) groups excluding carboxylic acids is 1. The third-order valence-electron chi connectivity index (χ3n) is 5.41. The number of fused-ring (bicyclic) bond motifs is 2. The first kappa shape index (κ1) is 22.4. The van der Waals surface area contributed by atoms with Crippen LogP contribution in [0.25, 0.3) is 22.5 Å². The average Bonchev–Trinajstić information content (AvgIpc) is 3.25. The summed E-state index contributed by atoms with van der Waals surface area (Å²) in [6.45, 7) is 1.68.